The van der Waals surface area contributed by atoms with Gasteiger partial charge >= 0.3 is 0 Å². The molecule has 1 heterocycles. The third-order valence-corrected chi connectivity index (χ3v) is 1.97. The minimum absolute atomic E-state index is 0.618. The predicted octanol–water partition coefficient (Wildman–Crippen LogP) is 1.22. The van der Waals surface area contributed by atoms with Gasteiger partial charge in [0.25, 0.3) is 0 Å². The first-order chi connectivity index (χ1) is 4.24. The van der Waals surface area contributed by atoms with Crippen molar-refractivity contribution in [2.45, 2.75) is 13.8 Å². The molecule has 0 saturated heterocycles. The van der Waals surface area contributed by atoms with Crippen LogP contribution in [0.4, 0.5) is 0 Å². The lowest BCUT2D eigenvalue weighted by Gasteiger charge is -1.75. The molecule has 0 saturated carbocycles. The fourth-order valence-electron chi connectivity index (χ4n) is 0.626. The molecule has 1 radical (unpaired) electrons. The summed E-state index contributed by atoms with van der Waals surface area (Å²) >= 11 is 1.38. The van der Waals surface area contributed by atoms with E-state index in [4.69, 9.17) is 0 Å². The summed E-state index contributed by atoms with van der Waals surface area (Å²) in [6.45, 7) is 3.68. The van der Waals surface area contributed by atoms with Crippen LogP contribution in [0.25, 0.3) is 0 Å². The molecule has 0 aromatic carbocycles. The molecule has 0 unspecified atom stereocenters. The summed E-state index contributed by atoms with van der Waals surface area (Å²) in [4.78, 5) is 14.7. The topological polar surface area (TPSA) is 30.0 Å². The number of aryl methyl sites for hydroxylation is 2. The van der Waals surface area contributed by atoms with Crippen molar-refractivity contribution in [2.75, 3.05) is 0 Å². The van der Waals surface area contributed by atoms with E-state index in [1.165, 1.54) is 11.3 Å². The second-order valence-electron chi connectivity index (χ2n) is 1.75. The second kappa shape index (κ2) is 2.27. The Morgan fingerprint density at radius 1 is 1.56 bits per heavy atom. The molecule has 0 fully saturated rings. The highest BCUT2D eigenvalue weighted by Gasteiger charge is 2.01. The molecule has 47 valence electrons. The average molecular weight is 140 g/mol. The van der Waals surface area contributed by atoms with E-state index in [1.807, 2.05) is 20.1 Å². The third kappa shape index (κ3) is 1.16. The Morgan fingerprint density at radius 3 is 2.44 bits per heavy atom. The van der Waals surface area contributed by atoms with Crippen LogP contribution in [0, 0.1) is 13.8 Å². The van der Waals surface area contributed by atoms with Gasteiger partial charge in [0.1, 0.15) is 4.88 Å². The van der Waals surface area contributed by atoms with Crippen LogP contribution in [-0.4, -0.2) is 11.3 Å². The van der Waals surface area contributed by atoms with Gasteiger partial charge in [-0.1, -0.05) is 0 Å². The molecule has 0 aliphatic rings. The van der Waals surface area contributed by atoms with Crippen molar-refractivity contribution >= 4 is 17.6 Å². The van der Waals surface area contributed by atoms with Crippen molar-refractivity contribution in [3.05, 3.63) is 15.6 Å². The summed E-state index contributed by atoms with van der Waals surface area (Å²) in [5.74, 6) is 0. The van der Waals surface area contributed by atoms with E-state index >= 15 is 0 Å². The summed E-state index contributed by atoms with van der Waals surface area (Å²) in [6.07, 6.45) is 1.82. The Bertz CT molecular complexity index is 229. The first-order valence-electron chi connectivity index (χ1n) is 2.56. The standard InChI is InChI=1S/C6H6NOS/c1-4-6(3-8)9-5(2)7-4/h1-2H3. The van der Waals surface area contributed by atoms with Gasteiger partial charge in [-0.3, -0.25) is 4.79 Å². The summed E-state index contributed by atoms with van der Waals surface area (Å²) in [5, 5.41) is 0.922. The molecule has 0 amide bonds. The van der Waals surface area contributed by atoms with Crippen LogP contribution in [0.1, 0.15) is 15.6 Å². The minimum Gasteiger partial charge on any atom is -0.284 e. The lowest BCUT2D eigenvalue weighted by molar-refractivity contribution is 0.563. The van der Waals surface area contributed by atoms with Crippen molar-refractivity contribution in [3.63, 3.8) is 0 Å². The van der Waals surface area contributed by atoms with E-state index in [2.05, 4.69) is 4.98 Å². The molecule has 0 N–H and O–H groups in total. The summed E-state index contributed by atoms with van der Waals surface area (Å²) in [5.41, 5.74) is 0.785. The average Bonchev–Trinajstić information content (AvgIpc) is 2.10. The monoisotopic (exact) mass is 140 g/mol. The smallest absolute Gasteiger partial charge is 0.246 e. The van der Waals surface area contributed by atoms with Gasteiger partial charge in [-0.2, -0.15) is 0 Å². The van der Waals surface area contributed by atoms with Crippen LogP contribution < -0.4 is 0 Å². The maximum absolute atomic E-state index is 10.1. The van der Waals surface area contributed by atoms with Crippen LogP contribution in [0.2, 0.25) is 0 Å². The number of thiazole rings is 1. The van der Waals surface area contributed by atoms with Crippen LogP contribution in [-0.2, 0) is 4.79 Å². The zero-order valence-corrected chi connectivity index (χ0v) is 6.08. The Kier molecular flexibility index (Phi) is 1.62. The number of hydrogen-bond donors (Lipinski definition) is 0. The van der Waals surface area contributed by atoms with E-state index in [1.54, 1.807) is 0 Å². The van der Waals surface area contributed by atoms with Gasteiger partial charge in [-0.15, -0.1) is 11.3 Å². The number of carbonyl (C=O) groups excluding carboxylic acids is 1. The predicted molar refractivity (Wildman–Crippen MR) is 36.4 cm³/mol. The largest absolute Gasteiger partial charge is 0.284 e. The van der Waals surface area contributed by atoms with E-state index in [0.29, 0.717) is 4.88 Å². The van der Waals surface area contributed by atoms with Crippen molar-refractivity contribution < 1.29 is 4.79 Å². The molecule has 0 spiro atoms. The minimum atomic E-state index is 0.618. The van der Waals surface area contributed by atoms with E-state index in [0.717, 1.165) is 10.7 Å². The van der Waals surface area contributed by atoms with E-state index in [9.17, 15) is 4.79 Å². The highest BCUT2D eigenvalue weighted by Crippen LogP contribution is 2.13. The van der Waals surface area contributed by atoms with Crippen LogP contribution in [0.3, 0.4) is 0 Å². The highest BCUT2D eigenvalue weighted by molar-refractivity contribution is 7.13. The first-order valence-corrected chi connectivity index (χ1v) is 3.38. The summed E-state index contributed by atoms with van der Waals surface area (Å²) in [6, 6.07) is 0. The molecule has 0 aliphatic carbocycles. The van der Waals surface area contributed by atoms with Crippen molar-refractivity contribution in [3.8, 4) is 0 Å². The number of aromatic nitrogens is 1. The second-order valence-corrected chi connectivity index (χ2v) is 2.95. The lowest BCUT2D eigenvalue weighted by atomic mass is 10.4. The molecule has 3 heteroatoms. The Labute approximate surface area is 57.5 Å². The SMILES string of the molecule is Cc1nc(C)c([C]=O)s1. The number of nitrogens with zero attached hydrogens (tertiary/aromatic N) is 1. The normalized spacial score (nSPS) is 9.56. The summed E-state index contributed by atoms with van der Waals surface area (Å²) < 4.78 is 0. The number of hydrogen-bond acceptors (Lipinski definition) is 3. The quantitative estimate of drug-likeness (QED) is 0.587. The Balaban J connectivity index is 3.15. The van der Waals surface area contributed by atoms with Crippen molar-refractivity contribution in [1.29, 1.82) is 0 Å². The van der Waals surface area contributed by atoms with Crippen molar-refractivity contribution in [1.82, 2.24) is 4.98 Å². The van der Waals surface area contributed by atoms with Gasteiger partial charge in [0.05, 0.1) is 10.7 Å². The molecular formula is C6H6NOS. The van der Waals surface area contributed by atoms with Crippen LogP contribution in [0.15, 0.2) is 0 Å². The van der Waals surface area contributed by atoms with Crippen LogP contribution >= 0.6 is 11.3 Å². The molecule has 0 aliphatic heterocycles. The first kappa shape index (κ1) is 6.42. The fourth-order valence-corrected chi connectivity index (χ4v) is 1.34. The Hall–Kier alpha value is -0.700. The Morgan fingerprint density at radius 2 is 2.22 bits per heavy atom. The van der Waals surface area contributed by atoms with Gasteiger partial charge in [0, 0.05) is 0 Å². The highest BCUT2D eigenvalue weighted by atomic mass is 32.1. The van der Waals surface area contributed by atoms with Crippen LogP contribution in [0.5, 0.6) is 0 Å². The van der Waals surface area contributed by atoms with Gasteiger partial charge in [-0.25, -0.2) is 4.98 Å². The molecule has 0 bridgehead atoms. The zero-order valence-electron chi connectivity index (χ0n) is 5.26. The van der Waals surface area contributed by atoms with Gasteiger partial charge in [0.2, 0.25) is 6.29 Å². The molecule has 0 atom stereocenters. The lowest BCUT2D eigenvalue weighted by Crippen LogP contribution is -1.77. The van der Waals surface area contributed by atoms with Gasteiger partial charge in [0.15, 0.2) is 0 Å². The molecule has 1 rings (SSSR count). The molecule has 1 aromatic rings. The maximum atomic E-state index is 10.1. The molecule has 9 heavy (non-hydrogen) atoms. The van der Waals surface area contributed by atoms with E-state index in [-0.39, 0.29) is 0 Å². The fraction of sp³-hybridized carbons (Fsp3) is 0.333. The molecule has 1 aromatic heterocycles. The van der Waals surface area contributed by atoms with Gasteiger partial charge < -0.3 is 0 Å². The van der Waals surface area contributed by atoms with Gasteiger partial charge in [-0.05, 0) is 13.8 Å². The van der Waals surface area contributed by atoms with Crippen molar-refractivity contribution in [2.24, 2.45) is 0 Å². The number of rotatable bonds is 1. The third-order valence-electron chi connectivity index (χ3n) is 0.996. The summed E-state index contributed by atoms with van der Waals surface area (Å²) in [7, 11) is 0. The maximum Gasteiger partial charge on any atom is 0.246 e. The molecule has 2 nitrogen and oxygen atoms in total. The molecular weight excluding hydrogens is 134 g/mol. The van der Waals surface area contributed by atoms with E-state index < -0.39 is 0 Å². The zero-order chi connectivity index (χ0) is 6.85.